The van der Waals surface area contributed by atoms with Crippen LogP contribution in [0.3, 0.4) is 0 Å². The molecule has 2 atom stereocenters. The summed E-state index contributed by atoms with van der Waals surface area (Å²) >= 11 is 0. The molecule has 1 aromatic heterocycles. The Morgan fingerprint density at radius 1 is 1.50 bits per heavy atom. The second-order valence-electron chi connectivity index (χ2n) is 3.95. The molecule has 0 amide bonds. The number of hydrogen-bond donors (Lipinski definition) is 1. The second kappa shape index (κ2) is 3.57. The normalized spacial score (nSPS) is 28.1. The Bertz CT molecular complexity index is 312. The molecule has 1 aliphatic rings. The van der Waals surface area contributed by atoms with Crippen LogP contribution < -0.4 is 4.90 Å². The van der Waals surface area contributed by atoms with Crippen LogP contribution >= 0.6 is 0 Å². The lowest BCUT2D eigenvalue weighted by molar-refractivity contribution is 0.143. The summed E-state index contributed by atoms with van der Waals surface area (Å²) in [5.74, 6) is 0.983. The summed E-state index contributed by atoms with van der Waals surface area (Å²) in [5, 5.41) is 17.3. The maximum atomic E-state index is 9.60. The molecule has 0 radical (unpaired) electrons. The van der Waals surface area contributed by atoms with Crippen LogP contribution in [-0.2, 0) is 7.05 Å². The van der Waals surface area contributed by atoms with Crippen LogP contribution in [0.1, 0.15) is 19.8 Å². The van der Waals surface area contributed by atoms with Gasteiger partial charge in [0.2, 0.25) is 0 Å². The number of aliphatic hydroxyl groups excluding tert-OH is 1. The smallest absolute Gasteiger partial charge is 0.147 e. The molecule has 2 heterocycles. The lowest BCUT2D eigenvalue weighted by atomic mass is 10.0. The summed E-state index contributed by atoms with van der Waals surface area (Å²) in [6.07, 6.45) is 3.44. The first-order valence-electron chi connectivity index (χ1n) is 4.98. The van der Waals surface area contributed by atoms with E-state index >= 15 is 0 Å². The van der Waals surface area contributed by atoms with Gasteiger partial charge in [0.05, 0.1) is 12.3 Å². The zero-order chi connectivity index (χ0) is 10.1. The average Bonchev–Trinajstić information content (AvgIpc) is 2.56. The second-order valence-corrected chi connectivity index (χ2v) is 3.95. The summed E-state index contributed by atoms with van der Waals surface area (Å²) in [6, 6.07) is 0.454. The number of β-amino-alcohol motifs (C(OH)–C–C–N with tert-alkyl or cyclic N) is 1. The molecule has 1 fully saturated rings. The molecule has 1 saturated heterocycles. The van der Waals surface area contributed by atoms with Crippen molar-refractivity contribution in [3.8, 4) is 0 Å². The summed E-state index contributed by atoms with van der Waals surface area (Å²) in [4.78, 5) is 2.16. The molecule has 78 valence electrons. The first-order valence-corrected chi connectivity index (χ1v) is 4.98. The maximum Gasteiger partial charge on any atom is 0.147 e. The van der Waals surface area contributed by atoms with Gasteiger partial charge in [0.1, 0.15) is 5.82 Å². The van der Waals surface area contributed by atoms with Gasteiger partial charge in [-0.15, -0.1) is 5.10 Å². The SMILES string of the molecule is CC1CCC(O)CN1c1cnnn1C. The quantitative estimate of drug-likeness (QED) is 0.695. The number of rotatable bonds is 1. The number of hydrogen-bond acceptors (Lipinski definition) is 4. The summed E-state index contributed by atoms with van der Waals surface area (Å²) in [7, 11) is 1.87. The molecular weight excluding hydrogens is 180 g/mol. The number of nitrogens with zero attached hydrogens (tertiary/aromatic N) is 4. The van der Waals surface area contributed by atoms with E-state index in [2.05, 4.69) is 22.1 Å². The predicted octanol–water partition coefficient (Wildman–Crippen LogP) is 0.165. The largest absolute Gasteiger partial charge is 0.391 e. The van der Waals surface area contributed by atoms with Crippen molar-refractivity contribution in [3.05, 3.63) is 6.20 Å². The number of piperidine rings is 1. The van der Waals surface area contributed by atoms with Crippen molar-refractivity contribution >= 4 is 5.82 Å². The first kappa shape index (κ1) is 9.45. The van der Waals surface area contributed by atoms with Gasteiger partial charge >= 0.3 is 0 Å². The van der Waals surface area contributed by atoms with Crippen molar-refractivity contribution < 1.29 is 5.11 Å². The third kappa shape index (κ3) is 1.59. The molecule has 0 spiro atoms. The lowest BCUT2D eigenvalue weighted by Crippen LogP contribution is -2.45. The van der Waals surface area contributed by atoms with Crippen LogP contribution in [0.15, 0.2) is 6.20 Å². The van der Waals surface area contributed by atoms with Crippen LogP contribution in [0.5, 0.6) is 0 Å². The van der Waals surface area contributed by atoms with E-state index in [1.165, 1.54) is 0 Å². The number of aromatic nitrogens is 3. The maximum absolute atomic E-state index is 9.60. The van der Waals surface area contributed by atoms with Crippen molar-refractivity contribution in [3.63, 3.8) is 0 Å². The van der Waals surface area contributed by atoms with Gasteiger partial charge in [0.15, 0.2) is 0 Å². The highest BCUT2D eigenvalue weighted by Crippen LogP contribution is 2.22. The molecule has 0 aliphatic carbocycles. The monoisotopic (exact) mass is 196 g/mol. The molecule has 2 rings (SSSR count). The molecule has 1 aromatic rings. The molecule has 0 bridgehead atoms. The third-order valence-electron chi connectivity index (χ3n) is 2.84. The lowest BCUT2D eigenvalue weighted by Gasteiger charge is -2.36. The van der Waals surface area contributed by atoms with Crippen LogP contribution in [0.2, 0.25) is 0 Å². The summed E-state index contributed by atoms with van der Waals surface area (Å²) in [6.45, 7) is 2.85. The Labute approximate surface area is 83.3 Å². The molecular formula is C9H16N4O. The van der Waals surface area contributed by atoms with E-state index in [0.29, 0.717) is 12.6 Å². The Kier molecular flexibility index (Phi) is 2.41. The highest BCUT2D eigenvalue weighted by molar-refractivity contribution is 5.38. The fourth-order valence-corrected chi connectivity index (χ4v) is 1.95. The summed E-state index contributed by atoms with van der Waals surface area (Å²) < 4.78 is 1.74. The van der Waals surface area contributed by atoms with Gasteiger partial charge < -0.3 is 10.0 Å². The van der Waals surface area contributed by atoms with E-state index in [0.717, 1.165) is 18.7 Å². The van der Waals surface area contributed by atoms with Gasteiger partial charge in [-0.3, -0.25) is 0 Å². The van der Waals surface area contributed by atoms with Crippen molar-refractivity contribution in [2.45, 2.75) is 31.9 Å². The van der Waals surface area contributed by atoms with Crippen LogP contribution in [-0.4, -0.2) is 38.8 Å². The predicted molar refractivity (Wildman–Crippen MR) is 53.1 cm³/mol. The molecule has 1 N–H and O–H groups in total. The highest BCUT2D eigenvalue weighted by atomic mass is 16.3. The minimum absolute atomic E-state index is 0.221. The number of aliphatic hydroxyl groups is 1. The summed E-state index contributed by atoms with van der Waals surface area (Å²) in [5.41, 5.74) is 0. The van der Waals surface area contributed by atoms with Gasteiger partial charge in [-0.1, -0.05) is 5.21 Å². The highest BCUT2D eigenvalue weighted by Gasteiger charge is 2.25. The van der Waals surface area contributed by atoms with Gasteiger partial charge in [-0.2, -0.15) is 0 Å². The van der Waals surface area contributed by atoms with E-state index in [4.69, 9.17) is 0 Å². The molecule has 14 heavy (non-hydrogen) atoms. The van der Waals surface area contributed by atoms with E-state index in [1.807, 2.05) is 7.05 Å². The van der Waals surface area contributed by atoms with Gasteiger partial charge in [0.25, 0.3) is 0 Å². The molecule has 2 unspecified atom stereocenters. The van der Waals surface area contributed by atoms with E-state index in [-0.39, 0.29) is 6.10 Å². The van der Waals surface area contributed by atoms with Crippen molar-refractivity contribution in [2.75, 3.05) is 11.4 Å². The Morgan fingerprint density at radius 2 is 2.29 bits per heavy atom. The fraction of sp³-hybridized carbons (Fsp3) is 0.778. The minimum Gasteiger partial charge on any atom is -0.391 e. The average molecular weight is 196 g/mol. The fourth-order valence-electron chi connectivity index (χ4n) is 1.95. The van der Waals surface area contributed by atoms with Crippen LogP contribution in [0.25, 0.3) is 0 Å². The Balaban J connectivity index is 2.20. The van der Waals surface area contributed by atoms with Crippen molar-refractivity contribution in [1.29, 1.82) is 0 Å². The zero-order valence-corrected chi connectivity index (χ0v) is 8.59. The van der Waals surface area contributed by atoms with E-state index < -0.39 is 0 Å². The van der Waals surface area contributed by atoms with E-state index in [1.54, 1.807) is 10.9 Å². The van der Waals surface area contributed by atoms with Crippen molar-refractivity contribution in [2.24, 2.45) is 7.05 Å². The zero-order valence-electron chi connectivity index (χ0n) is 8.59. The van der Waals surface area contributed by atoms with E-state index in [9.17, 15) is 5.11 Å². The van der Waals surface area contributed by atoms with Crippen LogP contribution in [0.4, 0.5) is 5.82 Å². The Morgan fingerprint density at radius 3 is 2.93 bits per heavy atom. The van der Waals surface area contributed by atoms with Crippen molar-refractivity contribution in [1.82, 2.24) is 15.0 Å². The third-order valence-corrected chi connectivity index (χ3v) is 2.84. The first-order chi connectivity index (χ1) is 6.68. The number of aryl methyl sites for hydroxylation is 1. The molecule has 1 aliphatic heterocycles. The molecule has 0 aromatic carbocycles. The Hall–Kier alpha value is -1.10. The van der Waals surface area contributed by atoms with Crippen LogP contribution in [0, 0.1) is 0 Å². The minimum atomic E-state index is -0.221. The molecule has 5 nitrogen and oxygen atoms in total. The number of anilines is 1. The topological polar surface area (TPSA) is 54.2 Å². The standard InChI is InChI=1S/C9H16N4O/c1-7-3-4-8(14)6-13(7)9-5-10-11-12(9)2/h5,7-8,14H,3-4,6H2,1-2H3. The molecule has 0 saturated carbocycles. The van der Waals surface area contributed by atoms with Gasteiger partial charge in [0, 0.05) is 19.6 Å². The van der Waals surface area contributed by atoms with Gasteiger partial charge in [-0.25, -0.2) is 4.68 Å². The van der Waals surface area contributed by atoms with Gasteiger partial charge in [-0.05, 0) is 19.8 Å². The molecule has 5 heteroatoms.